The van der Waals surface area contributed by atoms with Gasteiger partial charge in [-0.15, -0.1) is 0 Å². The van der Waals surface area contributed by atoms with Crippen LogP contribution in [0.5, 0.6) is 11.5 Å². The van der Waals surface area contributed by atoms with Crippen LogP contribution in [0.2, 0.25) is 0 Å². The quantitative estimate of drug-likeness (QED) is 0.609. The van der Waals surface area contributed by atoms with Crippen LogP contribution in [0.15, 0.2) is 42.5 Å². The van der Waals surface area contributed by atoms with E-state index < -0.39 is 4.92 Å². The van der Waals surface area contributed by atoms with E-state index in [2.05, 4.69) is 0 Å². The van der Waals surface area contributed by atoms with Gasteiger partial charge in [-0.3, -0.25) is 14.9 Å². The monoisotopic (exact) mass is 384 g/mol. The van der Waals surface area contributed by atoms with Crippen molar-refractivity contribution >= 4 is 11.6 Å². The number of carbonyl (C=O) groups is 1. The average molecular weight is 384 g/mol. The van der Waals surface area contributed by atoms with Crippen molar-refractivity contribution in [3.8, 4) is 11.5 Å². The van der Waals surface area contributed by atoms with E-state index in [4.69, 9.17) is 9.47 Å². The molecule has 0 saturated carbocycles. The number of carbonyl (C=O) groups excluding carboxylic acids is 1. The number of amides is 1. The molecule has 0 spiro atoms. The summed E-state index contributed by atoms with van der Waals surface area (Å²) in [5.41, 5.74) is 1.65. The van der Waals surface area contributed by atoms with Crippen molar-refractivity contribution in [2.75, 3.05) is 33.0 Å². The van der Waals surface area contributed by atoms with E-state index in [0.29, 0.717) is 18.7 Å². The van der Waals surface area contributed by atoms with Gasteiger partial charge in [0.1, 0.15) is 6.54 Å². The van der Waals surface area contributed by atoms with Gasteiger partial charge in [-0.2, -0.15) is 0 Å². The van der Waals surface area contributed by atoms with Gasteiger partial charge < -0.3 is 19.3 Å². The van der Waals surface area contributed by atoms with E-state index in [-0.39, 0.29) is 24.8 Å². The second-order valence-electron chi connectivity index (χ2n) is 7.06. The Morgan fingerprint density at radius 1 is 1.11 bits per heavy atom. The number of benzene rings is 2. The third-order valence-electron chi connectivity index (χ3n) is 5.24. The Morgan fingerprint density at radius 3 is 2.64 bits per heavy atom. The molecular formula is C20H22N3O5+. The van der Waals surface area contributed by atoms with Crippen LogP contribution in [0.1, 0.15) is 11.1 Å². The molecule has 2 aliphatic rings. The molecule has 1 fully saturated rings. The Bertz CT molecular complexity index is 893. The Balaban J connectivity index is 1.31. The van der Waals surface area contributed by atoms with E-state index in [1.54, 1.807) is 23.1 Å². The van der Waals surface area contributed by atoms with Crippen LogP contribution in [0.4, 0.5) is 5.69 Å². The summed E-state index contributed by atoms with van der Waals surface area (Å²) in [5.74, 6) is 1.51. The van der Waals surface area contributed by atoms with Crippen molar-refractivity contribution in [3.63, 3.8) is 0 Å². The summed E-state index contributed by atoms with van der Waals surface area (Å²) in [6, 6.07) is 12.4. The van der Waals surface area contributed by atoms with E-state index in [1.165, 1.54) is 16.5 Å². The third-order valence-corrected chi connectivity index (χ3v) is 5.24. The van der Waals surface area contributed by atoms with E-state index >= 15 is 0 Å². The molecule has 1 N–H and O–H groups in total. The maximum atomic E-state index is 12.6. The zero-order valence-electron chi connectivity index (χ0n) is 15.4. The number of ether oxygens (including phenoxy) is 2. The van der Waals surface area contributed by atoms with Gasteiger partial charge in [0.2, 0.25) is 12.7 Å². The summed E-state index contributed by atoms with van der Waals surface area (Å²) >= 11 is 0. The fourth-order valence-electron chi connectivity index (χ4n) is 3.70. The highest BCUT2D eigenvalue weighted by Crippen LogP contribution is 2.32. The SMILES string of the molecule is O=C(Cc1ccccc1[N+](=O)[O-])N1CC[NH+](Cc2ccc3c(c2)OCO3)CC1. The van der Waals surface area contributed by atoms with Gasteiger partial charge in [-0.1, -0.05) is 18.2 Å². The van der Waals surface area contributed by atoms with Crippen LogP contribution < -0.4 is 14.4 Å². The molecule has 2 aromatic carbocycles. The topological polar surface area (TPSA) is 86.4 Å². The third kappa shape index (κ3) is 3.91. The number of nitrogens with zero attached hydrogens (tertiary/aromatic N) is 2. The van der Waals surface area contributed by atoms with Crippen molar-refractivity contribution < 1.29 is 24.1 Å². The van der Waals surface area contributed by atoms with Crippen LogP contribution in [0, 0.1) is 10.1 Å². The largest absolute Gasteiger partial charge is 0.454 e. The number of quaternary nitrogens is 1. The van der Waals surface area contributed by atoms with Gasteiger partial charge in [0.15, 0.2) is 11.5 Å². The van der Waals surface area contributed by atoms with Crippen LogP contribution >= 0.6 is 0 Å². The fraction of sp³-hybridized carbons (Fsp3) is 0.350. The van der Waals surface area contributed by atoms with Gasteiger partial charge in [0.25, 0.3) is 5.69 Å². The number of piperazine rings is 1. The maximum absolute atomic E-state index is 12.6. The van der Waals surface area contributed by atoms with Gasteiger partial charge in [0, 0.05) is 17.2 Å². The Kier molecular flexibility index (Phi) is 5.12. The number of nitro benzene ring substituents is 1. The Morgan fingerprint density at radius 2 is 1.86 bits per heavy atom. The number of rotatable bonds is 5. The minimum Gasteiger partial charge on any atom is -0.454 e. The lowest BCUT2D eigenvalue weighted by Crippen LogP contribution is -3.13. The van der Waals surface area contributed by atoms with E-state index in [1.807, 2.05) is 18.2 Å². The van der Waals surface area contributed by atoms with Crippen molar-refractivity contribution in [2.45, 2.75) is 13.0 Å². The molecule has 0 aliphatic carbocycles. The van der Waals surface area contributed by atoms with E-state index in [9.17, 15) is 14.9 Å². The number of hydrogen-bond donors (Lipinski definition) is 1. The molecule has 0 atom stereocenters. The highest BCUT2D eigenvalue weighted by atomic mass is 16.7. The molecular weight excluding hydrogens is 362 g/mol. The molecule has 8 nitrogen and oxygen atoms in total. The molecule has 0 aromatic heterocycles. The molecule has 4 rings (SSSR count). The first kappa shape index (κ1) is 18.2. The lowest BCUT2D eigenvalue weighted by molar-refractivity contribution is -0.917. The summed E-state index contributed by atoms with van der Waals surface area (Å²) in [6.07, 6.45) is 0.0641. The average Bonchev–Trinajstić information content (AvgIpc) is 3.16. The fourth-order valence-corrected chi connectivity index (χ4v) is 3.70. The zero-order chi connectivity index (χ0) is 19.5. The predicted molar refractivity (Wildman–Crippen MR) is 100 cm³/mol. The maximum Gasteiger partial charge on any atom is 0.273 e. The first-order chi connectivity index (χ1) is 13.6. The molecule has 1 amide bonds. The van der Waals surface area contributed by atoms with Crippen LogP contribution in [0.3, 0.4) is 0 Å². The van der Waals surface area contributed by atoms with Crippen molar-refractivity contribution in [2.24, 2.45) is 0 Å². The lowest BCUT2D eigenvalue weighted by atomic mass is 10.1. The number of para-hydroxylation sites is 1. The van der Waals surface area contributed by atoms with Crippen molar-refractivity contribution in [1.29, 1.82) is 0 Å². The Labute approximate surface area is 162 Å². The van der Waals surface area contributed by atoms with Crippen LogP contribution in [0.25, 0.3) is 0 Å². The van der Waals surface area contributed by atoms with Gasteiger partial charge >= 0.3 is 0 Å². The number of hydrogen-bond acceptors (Lipinski definition) is 5. The molecule has 1 saturated heterocycles. The molecule has 8 heteroatoms. The first-order valence-electron chi connectivity index (χ1n) is 9.32. The second kappa shape index (κ2) is 7.85. The second-order valence-corrected chi connectivity index (χ2v) is 7.06. The summed E-state index contributed by atoms with van der Waals surface area (Å²) in [6.45, 7) is 4.13. The molecule has 146 valence electrons. The molecule has 0 bridgehead atoms. The van der Waals surface area contributed by atoms with Crippen LogP contribution in [-0.4, -0.2) is 48.7 Å². The summed E-state index contributed by atoms with van der Waals surface area (Å²) in [4.78, 5) is 26.5. The standard InChI is InChI=1S/C20H21N3O5/c24-20(12-16-3-1-2-4-17(16)23(25)26)22-9-7-21(8-10-22)13-15-5-6-18-19(11-15)28-14-27-18/h1-6,11H,7-10,12-14H2/p+1. The summed E-state index contributed by atoms with van der Waals surface area (Å²) in [5, 5.41) is 11.1. The molecule has 0 radical (unpaired) electrons. The number of fused-ring (bicyclic) bond motifs is 1. The van der Waals surface area contributed by atoms with Gasteiger partial charge in [0.05, 0.1) is 37.5 Å². The van der Waals surface area contributed by atoms with Crippen LogP contribution in [-0.2, 0) is 17.8 Å². The molecule has 0 unspecified atom stereocenters. The Hall–Kier alpha value is -3.13. The van der Waals surface area contributed by atoms with Gasteiger partial charge in [-0.05, 0) is 18.2 Å². The zero-order valence-corrected chi connectivity index (χ0v) is 15.4. The minimum absolute atomic E-state index is 0.00270. The van der Waals surface area contributed by atoms with E-state index in [0.717, 1.165) is 31.1 Å². The summed E-state index contributed by atoms with van der Waals surface area (Å²) in [7, 11) is 0. The summed E-state index contributed by atoms with van der Waals surface area (Å²) < 4.78 is 10.8. The minimum atomic E-state index is -0.434. The molecule has 2 aliphatic heterocycles. The highest BCUT2D eigenvalue weighted by molar-refractivity contribution is 5.80. The number of nitro groups is 1. The predicted octanol–water partition coefficient (Wildman–Crippen LogP) is 0.793. The lowest BCUT2D eigenvalue weighted by Gasteiger charge is -2.32. The van der Waals surface area contributed by atoms with Gasteiger partial charge in [-0.25, -0.2) is 0 Å². The highest BCUT2D eigenvalue weighted by Gasteiger charge is 2.26. The number of nitrogens with one attached hydrogen (secondary N) is 1. The normalized spacial score (nSPS) is 16.2. The molecule has 28 heavy (non-hydrogen) atoms. The van der Waals surface area contributed by atoms with Crippen molar-refractivity contribution in [1.82, 2.24) is 4.90 Å². The molecule has 2 aromatic rings. The first-order valence-corrected chi connectivity index (χ1v) is 9.32. The molecule has 2 heterocycles. The smallest absolute Gasteiger partial charge is 0.273 e. The van der Waals surface area contributed by atoms with Crippen molar-refractivity contribution in [3.05, 3.63) is 63.7 Å².